The summed E-state index contributed by atoms with van der Waals surface area (Å²) >= 11 is 0. The number of H-pyrrole nitrogens is 1. The van der Waals surface area contributed by atoms with Crippen LogP contribution in [0, 0.1) is 0 Å². The van der Waals surface area contributed by atoms with Gasteiger partial charge in [0, 0.05) is 30.0 Å². The number of carbonyl (C=O) groups is 2. The average molecular weight is 377 g/mol. The molecule has 1 N–H and O–H groups in total. The number of carbonyl (C=O) groups excluding carboxylic acids is 2. The van der Waals surface area contributed by atoms with Crippen molar-refractivity contribution < 1.29 is 9.59 Å². The van der Waals surface area contributed by atoms with Crippen molar-refractivity contribution in [3.63, 3.8) is 0 Å². The molecule has 7 nitrogen and oxygen atoms in total. The summed E-state index contributed by atoms with van der Waals surface area (Å²) in [5.41, 5.74) is 2.95. The molecule has 0 radical (unpaired) electrons. The monoisotopic (exact) mass is 377 g/mol. The lowest BCUT2D eigenvalue weighted by Gasteiger charge is -2.34. The smallest absolute Gasteiger partial charge is 0.270 e. The molecule has 0 spiro atoms. The molecule has 3 aromatic rings. The molecule has 1 aliphatic carbocycles. The molecule has 28 heavy (non-hydrogen) atoms. The minimum Gasteiger partial charge on any atom is -0.351 e. The van der Waals surface area contributed by atoms with E-state index >= 15 is 0 Å². The summed E-state index contributed by atoms with van der Waals surface area (Å²) in [6, 6.07) is 10.1. The summed E-state index contributed by atoms with van der Waals surface area (Å²) in [6.45, 7) is 2.99. The number of rotatable bonds is 3. The highest BCUT2D eigenvalue weighted by Crippen LogP contribution is 2.29. The van der Waals surface area contributed by atoms with Crippen LogP contribution in [0.5, 0.6) is 0 Å². The van der Waals surface area contributed by atoms with Crippen LogP contribution in [0.2, 0.25) is 0 Å². The van der Waals surface area contributed by atoms with Crippen molar-refractivity contribution in [3.05, 3.63) is 53.5 Å². The minimum atomic E-state index is -0.0508. The van der Waals surface area contributed by atoms with E-state index in [0.717, 1.165) is 29.4 Å². The molecule has 0 saturated heterocycles. The van der Waals surface area contributed by atoms with Crippen molar-refractivity contribution >= 4 is 22.7 Å². The Balaban J connectivity index is 1.44. The first-order valence-electron chi connectivity index (χ1n) is 9.73. The van der Waals surface area contributed by atoms with Crippen LogP contribution in [0.15, 0.2) is 36.5 Å². The van der Waals surface area contributed by atoms with E-state index in [-0.39, 0.29) is 17.9 Å². The molecule has 1 aliphatic heterocycles. The number of nitrogens with one attached hydrogen (secondary N) is 1. The van der Waals surface area contributed by atoms with Gasteiger partial charge in [-0.2, -0.15) is 5.10 Å². The quantitative estimate of drug-likeness (QED) is 0.763. The number of amides is 2. The van der Waals surface area contributed by atoms with Crippen molar-refractivity contribution in [1.82, 2.24) is 24.6 Å². The maximum Gasteiger partial charge on any atom is 0.270 e. The Kier molecular flexibility index (Phi) is 3.79. The summed E-state index contributed by atoms with van der Waals surface area (Å²) in [5.74, 6) is -0.0542. The molecule has 3 heterocycles. The van der Waals surface area contributed by atoms with Crippen molar-refractivity contribution in [1.29, 1.82) is 0 Å². The van der Waals surface area contributed by atoms with Gasteiger partial charge in [0.05, 0.1) is 30.5 Å². The van der Waals surface area contributed by atoms with Crippen LogP contribution in [0.3, 0.4) is 0 Å². The van der Waals surface area contributed by atoms with E-state index in [4.69, 9.17) is 0 Å². The number of fused-ring (bicyclic) bond motifs is 2. The zero-order chi connectivity index (χ0) is 19.4. The Labute approximate surface area is 162 Å². The Morgan fingerprint density at radius 3 is 2.79 bits per heavy atom. The molecular weight excluding hydrogens is 354 g/mol. The third-order valence-corrected chi connectivity index (χ3v) is 5.90. The standard InChI is InChI=1S/C21H23N5O2/c1-13-11-26-19(16(10-22-26)20(27)24(2)15-7-8-15)12-25(13)21(28)18-9-14-5-3-4-6-17(14)23-18/h3-6,9-10,13,15,23H,7-8,11-12H2,1-2H3/t13-/m1/s1. The summed E-state index contributed by atoms with van der Waals surface area (Å²) in [4.78, 5) is 32.9. The fourth-order valence-corrected chi connectivity index (χ4v) is 4.01. The zero-order valence-corrected chi connectivity index (χ0v) is 16.1. The van der Waals surface area contributed by atoms with E-state index in [1.807, 2.05) is 53.9 Å². The first kappa shape index (κ1) is 17.0. The van der Waals surface area contributed by atoms with Crippen LogP contribution in [-0.4, -0.2) is 55.5 Å². The Bertz CT molecular complexity index is 1040. The van der Waals surface area contributed by atoms with Gasteiger partial charge < -0.3 is 14.8 Å². The van der Waals surface area contributed by atoms with E-state index in [1.165, 1.54) is 0 Å². The van der Waals surface area contributed by atoms with Crippen LogP contribution in [0.1, 0.15) is 46.3 Å². The lowest BCUT2D eigenvalue weighted by molar-refractivity contribution is 0.0594. The van der Waals surface area contributed by atoms with Gasteiger partial charge in [-0.3, -0.25) is 14.3 Å². The lowest BCUT2D eigenvalue weighted by Crippen LogP contribution is -2.45. The van der Waals surface area contributed by atoms with Crippen molar-refractivity contribution in [2.75, 3.05) is 7.05 Å². The normalized spacial score (nSPS) is 18.9. The fourth-order valence-electron chi connectivity index (χ4n) is 4.01. The van der Waals surface area contributed by atoms with Gasteiger partial charge in [-0.05, 0) is 31.9 Å². The third kappa shape index (κ3) is 2.69. The van der Waals surface area contributed by atoms with Gasteiger partial charge >= 0.3 is 0 Å². The second-order valence-electron chi connectivity index (χ2n) is 7.89. The average Bonchev–Trinajstić information content (AvgIpc) is 3.33. The summed E-state index contributed by atoms with van der Waals surface area (Å²) in [6.07, 6.45) is 3.78. The molecule has 0 unspecified atom stereocenters. The van der Waals surface area contributed by atoms with E-state index in [9.17, 15) is 9.59 Å². The highest BCUT2D eigenvalue weighted by molar-refractivity contribution is 5.99. The molecule has 144 valence electrons. The van der Waals surface area contributed by atoms with Crippen LogP contribution < -0.4 is 0 Å². The predicted octanol–water partition coefficient (Wildman–Crippen LogP) is 2.64. The zero-order valence-electron chi connectivity index (χ0n) is 16.1. The molecule has 2 aromatic heterocycles. The molecule has 5 rings (SSSR count). The Morgan fingerprint density at radius 2 is 2.04 bits per heavy atom. The Hall–Kier alpha value is -3.09. The maximum atomic E-state index is 13.2. The summed E-state index contributed by atoms with van der Waals surface area (Å²) < 4.78 is 1.87. The number of para-hydroxylation sites is 1. The van der Waals surface area contributed by atoms with Gasteiger partial charge in [0.25, 0.3) is 11.8 Å². The van der Waals surface area contributed by atoms with Crippen LogP contribution >= 0.6 is 0 Å². The first-order valence-corrected chi connectivity index (χ1v) is 9.73. The van der Waals surface area contributed by atoms with E-state index in [0.29, 0.717) is 30.4 Å². The summed E-state index contributed by atoms with van der Waals surface area (Å²) in [7, 11) is 1.85. The second kappa shape index (κ2) is 6.22. The number of nitrogens with zero attached hydrogens (tertiary/aromatic N) is 4. The number of benzene rings is 1. The lowest BCUT2D eigenvalue weighted by atomic mass is 10.1. The van der Waals surface area contributed by atoms with E-state index in [2.05, 4.69) is 10.1 Å². The van der Waals surface area contributed by atoms with Crippen molar-refractivity contribution in [2.45, 2.75) is 44.9 Å². The van der Waals surface area contributed by atoms with E-state index < -0.39 is 0 Å². The SMILES string of the molecule is C[C@@H]1Cn2ncc(C(=O)N(C)C3CC3)c2CN1C(=O)c1cc2ccccc2[nH]1. The number of aromatic amines is 1. The van der Waals surface area contributed by atoms with Gasteiger partial charge in [0.1, 0.15) is 5.69 Å². The van der Waals surface area contributed by atoms with Gasteiger partial charge in [-0.1, -0.05) is 18.2 Å². The van der Waals surface area contributed by atoms with Gasteiger partial charge in [0.15, 0.2) is 0 Å². The Morgan fingerprint density at radius 1 is 1.25 bits per heavy atom. The van der Waals surface area contributed by atoms with Gasteiger partial charge in [-0.25, -0.2) is 0 Å². The molecule has 2 amide bonds. The van der Waals surface area contributed by atoms with Crippen LogP contribution in [0.25, 0.3) is 10.9 Å². The fraction of sp³-hybridized carbons (Fsp3) is 0.381. The topological polar surface area (TPSA) is 74.2 Å². The molecule has 7 heteroatoms. The molecule has 0 bridgehead atoms. The van der Waals surface area contributed by atoms with E-state index in [1.54, 1.807) is 11.1 Å². The van der Waals surface area contributed by atoms with Gasteiger partial charge in [-0.15, -0.1) is 0 Å². The third-order valence-electron chi connectivity index (χ3n) is 5.90. The molecule has 1 aromatic carbocycles. The highest BCUT2D eigenvalue weighted by Gasteiger charge is 2.35. The minimum absolute atomic E-state index is 0.00341. The number of hydrogen-bond donors (Lipinski definition) is 1. The van der Waals surface area contributed by atoms with Crippen LogP contribution in [-0.2, 0) is 13.1 Å². The first-order chi connectivity index (χ1) is 13.5. The highest BCUT2D eigenvalue weighted by atomic mass is 16.2. The maximum absolute atomic E-state index is 13.2. The summed E-state index contributed by atoms with van der Waals surface area (Å²) in [5, 5.41) is 5.43. The molecule has 2 aliphatic rings. The molecule has 1 fully saturated rings. The van der Waals surface area contributed by atoms with Gasteiger partial charge in [0.2, 0.25) is 0 Å². The number of hydrogen-bond acceptors (Lipinski definition) is 3. The second-order valence-corrected chi connectivity index (χ2v) is 7.89. The van der Waals surface area contributed by atoms with Crippen molar-refractivity contribution in [3.8, 4) is 0 Å². The molecule has 1 atom stereocenters. The number of aromatic nitrogens is 3. The largest absolute Gasteiger partial charge is 0.351 e. The molecule has 1 saturated carbocycles. The van der Waals surface area contributed by atoms with Crippen molar-refractivity contribution in [2.24, 2.45) is 0 Å². The predicted molar refractivity (Wildman–Crippen MR) is 105 cm³/mol. The molecular formula is C21H23N5O2. The van der Waals surface area contributed by atoms with Crippen LogP contribution in [0.4, 0.5) is 0 Å².